The van der Waals surface area contributed by atoms with E-state index in [9.17, 15) is 5.26 Å². The van der Waals surface area contributed by atoms with E-state index in [1.807, 2.05) is 42.5 Å². The molecule has 232 valence electrons. The zero-order valence-electron chi connectivity index (χ0n) is 27.2. The summed E-state index contributed by atoms with van der Waals surface area (Å²) in [6.07, 6.45) is 0. The molecule has 0 bridgehead atoms. The van der Waals surface area contributed by atoms with Gasteiger partial charge in [0.2, 0.25) is 0 Å². The lowest BCUT2D eigenvalue weighted by molar-refractivity contribution is 0.418. The van der Waals surface area contributed by atoms with Crippen molar-refractivity contribution in [3.05, 3.63) is 168 Å². The lowest BCUT2D eigenvalue weighted by atomic mass is 9.75. The molecule has 0 N–H and O–H groups in total. The summed E-state index contributed by atoms with van der Waals surface area (Å²) in [5.41, 5.74) is 12.1. The first-order valence-corrected chi connectivity index (χ1v) is 16.5. The molecule has 0 aliphatic carbocycles. The van der Waals surface area contributed by atoms with Crippen LogP contribution in [-0.4, -0.2) is 9.55 Å². The van der Waals surface area contributed by atoms with Gasteiger partial charge in [-0.1, -0.05) is 98.8 Å². The molecule has 0 radical (unpaired) electrons. The number of aromatic nitrogens is 2. The summed E-state index contributed by atoms with van der Waals surface area (Å²) in [6.45, 7) is 4.52. The average Bonchev–Trinajstić information content (AvgIpc) is 3.48. The minimum Gasteiger partial charge on any atom is -0.457 e. The van der Waals surface area contributed by atoms with E-state index in [4.69, 9.17) is 9.72 Å². The molecule has 0 unspecified atom stereocenters. The Morgan fingerprint density at radius 1 is 0.551 bits per heavy atom. The summed E-state index contributed by atoms with van der Waals surface area (Å²) < 4.78 is 9.01. The van der Waals surface area contributed by atoms with Crippen molar-refractivity contribution in [3.8, 4) is 56.9 Å². The Bertz CT molecular complexity index is 2610. The molecule has 0 amide bonds. The summed E-state index contributed by atoms with van der Waals surface area (Å²) >= 11 is 0. The van der Waals surface area contributed by atoms with Crippen LogP contribution in [0.4, 0.5) is 0 Å². The van der Waals surface area contributed by atoms with Gasteiger partial charge in [0.1, 0.15) is 11.5 Å². The van der Waals surface area contributed by atoms with E-state index in [1.165, 1.54) is 0 Å². The van der Waals surface area contributed by atoms with Crippen molar-refractivity contribution in [2.24, 2.45) is 0 Å². The Morgan fingerprint density at radius 2 is 1.12 bits per heavy atom. The van der Waals surface area contributed by atoms with Crippen molar-refractivity contribution in [1.29, 1.82) is 5.26 Å². The summed E-state index contributed by atoms with van der Waals surface area (Å²) in [5.74, 6) is 1.71. The molecule has 49 heavy (non-hydrogen) atoms. The van der Waals surface area contributed by atoms with Crippen LogP contribution in [-0.2, 0) is 5.41 Å². The van der Waals surface area contributed by atoms with Gasteiger partial charge in [0.05, 0.1) is 34.1 Å². The van der Waals surface area contributed by atoms with Gasteiger partial charge in [-0.3, -0.25) is 0 Å². The first-order valence-electron chi connectivity index (χ1n) is 16.5. The van der Waals surface area contributed by atoms with Crippen LogP contribution in [0.1, 0.15) is 30.5 Å². The minimum atomic E-state index is -0.250. The number of fused-ring (bicyclic) bond motifs is 5. The fourth-order valence-corrected chi connectivity index (χ4v) is 7.34. The van der Waals surface area contributed by atoms with Crippen LogP contribution in [0.15, 0.2) is 152 Å². The van der Waals surface area contributed by atoms with Crippen molar-refractivity contribution in [2.75, 3.05) is 0 Å². The maximum Gasteiger partial charge on any atom is 0.132 e. The zero-order chi connectivity index (χ0) is 33.1. The summed E-state index contributed by atoms with van der Waals surface area (Å²) in [6, 6.07) is 54.7. The number of benzene rings is 6. The maximum absolute atomic E-state index is 9.72. The molecular formula is C45H31N3O. The van der Waals surface area contributed by atoms with E-state index >= 15 is 0 Å². The van der Waals surface area contributed by atoms with Gasteiger partial charge in [-0.15, -0.1) is 0 Å². The fourth-order valence-electron chi connectivity index (χ4n) is 7.34. The van der Waals surface area contributed by atoms with Gasteiger partial charge in [-0.25, -0.2) is 4.98 Å². The second-order valence-corrected chi connectivity index (χ2v) is 13.2. The highest BCUT2D eigenvalue weighted by Crippen LogP contribution is 2.50. The molecule has 0 fully saturated rings. The van der Waals surface area contributed by atoms with Crippen molar-refractivity contribution in [2.45, 2.75) is 19.3 Å². The predicted molar refractivity (Wildman–Crippen MR) is 198 cm³/mol. The third kappa shape index (κ3) is 4.71. The Kier molecular flexibility index (Phi) is 6.50. The van der Waals surface area contributed by atoms with Crippen LogP contribution >= 0.6 is 0 Å². The Labute approximate surface area is 285 Å². The van der Waals surface area contributed by atoms with Gasteiger partial charge in [-0.05, 0) is 77.9 Å². The van der Waals surface area contributed by atoms with E-state index in [-0.39, 0.29) is 5.41 Å². The Hall–Kier alpha value is -6.44. The van der Waals surface area contributed by atoms with Gasteiger partial charge < -0.3 is 9.30 Å². The van der Waals surface area contributed by atoms with E-state index < -0.39 is 0 Å². The fraction of sp³-hybridized carbons (Fsp3) is 0.0667. The molecule has 0 saturated heterocycles. The third-order valence-electron chi connectivity index (χ3n) is 9.89. The quantitative estimate of drug-likeness (QED) is 0.195. The van der Waals surface area contributed by atoms with Crippen LogP contribution in [0.3, 0.4) is 0 Å². The predicted octanol–water partition coefficient (Wildman–Crippen LogP) is 11.5. The topological polar surface area (TPSA) is 50.8 Å². The molecule has 1 aliphatic heterocycles. The van der Waals surface area contributed by atoms with Crippen molar-refractivity contribution < 1.29 is 4.74 Å². The van der Waals surface area contributed by atoms with Gasteiger partial charge >= 0.3 is 0 Å². The van der Waals surface area contributed by atoms with Crippen molar-refractivity contribution in [3.63, 3.8) is 0 Å². The second-order valence-electron chi connectivity index (χ2n) is 13.2. The molecule has 3 heterocycles. The van der Waals surface area contributed by atoms with E-state index in [2.05, 4.69) is 134 Å². The normalized spacial score (nSPS) is 13.0. The molecule has 1 aliphatic rings. The highest BCUT2D eigenvalue weighted by molar-refractivity contribution is 6.11. The molecule has 4 nitrogen and oxygen atoms in total. The summed E-state index contributed by atoms with van der Waals surface area (Å²) in [5, 5.41) is 11.9. The first kappa shape index (κ1) is 28.8. The largest absolute Gasteiger partial charge is 0.457 e. The minimum absolute atomic E-state index is 0.250. The first-order chi connectivity index (χ1) is 24.0. The van der Waals surface area contributed by atoms with Crippen LogP contribution < -0.4 is 4.74 Å². The molecule has 8 aromatic rings. The van der Waals surface area contributed by atoms with Gasteiger partial charge in [-0.2, -0.15) is 5.26 Å². The maximum atomic E-state index is 9.72. The highest BCUT2D eigenvalue weighted by Gasteiger charge is 2.34. The van der Waals surface area contributed by atoms with Crippen LogP contribution in [0.2, 0.25) is 0 Å². The third-order valence-corrected chi connectivity index (χ3v) is 9.89. The molecular weight excluding hydrogens is 599 g/mol. The van der Waals surface area contributed by atoms with Crippen molar-refractivity contribution in [1.82, 2.24) is 9.55 Å². The summed E-state index contributed by atoms with van der Waals surface area (Å²) in [7, 11) is 0. The number of hydrogen-bond donors (Lipinski definition) is 0. The number of hydrogen-bond acceptors (Lipinski definition) is 3. The molecule has 0 spiro atoms. The molecule has 6 aromatic carbocycles. The molecule has 0 atom stereocenters. The van der Waals surface area contributed by atoms with Crippen LogP contribution in [0, 0.1) is 11.3 Å². The monoisotopic (exact) mass is 629 g/mol. The number of pyridine rings is 1. The zero-order valence-corrected chi connectivity index (χ0v) is 27.2. The van der Waals surface area contributed by atoms with Gasteiger partial charge in [0.15, 0.2) is 0 Å². The molecule has 4 heteroatoms. The van der Waals surface area contributed by atoms with E-state index in [0.717, 1.165) is 83.8 Å². The standard InChI is InChI=1S/C45H31N3O/c1-45(2)37-20-17-32(31-19-23-42-36(25-31)35-24-29(28-46)16-22-41(35)48(42)34-12-7-4-8-13-34)26-43(37)49-44-27-33(18-21-38(44)45)40-15-9-14-39(47-40)30-10-5-3-6-11-30/h3-27H,1-2H3. The molecule has 9 rings (SSSR count). The molecule has 0 saturated carbocycles. The smallest absolute Gasteiger partial charge is 0.132 e. The number of nitrogens with zero attached hydrogens (tertiary/aromatic N) is 3. The number of nitriles is 1. The van der Waals surface area contributed by atoms with Crippen LogP contribution in [0.25, 0.3) is 61.1 Å². The SMILES string of the molecule is CC1(C)c2ccc(-c3ccc4c(c3)c3cc(C#N)ccc3n4-c3ccccc3)cc2Oc2cc(-c3cccc(-c4ccccc4)n3)ccc21. The highest BCUT2D eigenvalue weighted by atomic mass is 16.5. The Morgan fingerprint density at radius 3 is 1.84 bits per heavy atom. The molecule has 2 aromatic heterocycles. The number of para-hydroxylation sites is 1. The number of ether oxygens (including phenoxy) is 1. The summed E-state index contributed by atoms with van der Waals surface area (Å²) in [4.78, 5) is 5.00. The average molecular weight is 630 g/mol. The number of rotatable bonds is 4. The Balaban J connectivity index is 1.13. The second kappa shape index (κ2) is 11.1. The van der Waals surface area contributed by atoms with Gasteiger partial charge in [0, 0.05) is 44.1 Å². The lowest BCUT2D eigenvalue weighted by Crippen LogP contribution is -2.24. The lowest BCUT2D eigenvalue weighted by Gasteiger charge is -2.35. The van der Waals surface area contributed by atoms with E-state index in [0.29, 0.717) is 5.56 Å². The van der Waals surface area contributed by atoms with Crippen molar-refractivity contribution >= 4 is 21.8 Å². The van der Waals surface area contributed by atoms with Crippen LogP contribution in [0.5, 0.6) is 11.5 Å². The van der Waals surface area contributed by atoms with Gasteiger partial charge in [0.25, 0.3) is 0 Å². The van der Waals surface area contributed by atoms with E-state index in [1.54, 1.807) is 0 Å².